The van der Waals surface area contributed by atoms with Gasteiger partial charge >= 0.3 is 0 Å². The molecule has 0 amide bonds. The maximum absolute atomic E-state index is 6.14. The second kappa shape index (κ2) is 6.49. The highest BCUT2D eigenvalue weighted by atomic mass is 35.5. The van der Waals surface area contributed by atoms with Crippen LogP contribution in [0, 0.1) is 0 Å². The molecule has 0 spiro atoms. The van der Waals surface area contributed by atoms with Crippen molar-refractivity contribution in [1.82, 2.24) is 9.97 Å². The number of ether oxygens (including phenoxy) is 1. The lowest BCUT2D eigenvalue weighted by atomic mass is 10.0. The molecule has 4 rings (SSSR count). The van der Waals surface area contributed by atoms with E-state index in [-0.39, 0.29) is 6.04 Å². The molecule has 1 aliphatic heterocycles. The zero-order valence-corrected chi connectivity index (χ0v) is 13.7. The molecule has 1 aromatic heterocycles. The maximum atomic E-state index is 6.14. The predicted octanol–water partition coefficient (Wildman–Crippen LogP) is 4.73. The standard InChI is InChI=1S/C19H16ClN3O/c20-14-6-7-18-15(10-14)16(8-9-24-18)23-19-11-17(21-12-22-19)13-4-2-1-3-5-13/h1-7,10-12,16H,8-9H2,(H,21,22,23). The lowest BCUT2D eigenvalue weighted by molar-refractivity contribution is 0.274. The SMILES string of the molecule is Clc1ccc2c(c1)C(Nc1cc(-c3ccccc3)ncn1)CCO2. The molecule has 4 nitrogen and oxygen atoms in total. The highest BCUT2D eigenvalue weighted by Crippen LogP contribution is 2.36. The van der Waals surface area contributed by atoms with E-state index in [2.05, 4.69) is 15.3 Å². The largest absolute Gasteiger partial charge is 0.493 e. The maximum Gasteiger partial charge on any atom is 0.130 e. The lowest BCUT2D eigenvalue weighted by Crippen LogP contribution is -2.20. The molecule has 1 unspecified atom stereocenters. The first-order chi connectivity index (χ1) is 11.8. The van der Waals surface area contributed by atoms with E-state index in [0.29, 0.717) is 11.6 Å². The van der Waals surface area contributed by atoms with E-state index in [0.717, 1.165) is 34.8 Å². The Hall–Kier alpha value is -2.59. The molecule has 0 saturated heterocycles. The molecule has 2 aromatic carbocycles. The number of nitrogens with one attached hydrogen (secondary N) is 1. The summed E-state index contributed by atoms with van der Waals surface area (Å²) in [5.74, 6) is 1.67. The van der Waals surface area contributed by atoms with Crippen molar-refractivity contribution >= 4 is 17.4 Å². The van der Waals surface area contributed by atoms with E-state index in [1.54, 1.807) is 6.33 Å². The van der Waals surface area contributed by atoms with E-state index in [9.17, 15) is 0 Å². The van der Waals surface area contributed by atoms with E-state index >= 15 is 0 Å². The van der Waals surface area contributed by atoms with Crippen LogP contribution in [0.3, 0.4) is 0 Å². The Labute approximate surface area is 145 Å². The predicted molar refractivity (Wildman–Crippen MR) is 95.4 cm³/mol. The van der Waals surface area contributed by atoms with Crippen LogP contribution in [0.5, 0.6) is 5.75 Å². The molecule has 1 aliphatic rings. The summed E-state index contributed by atoms with van der Waals surface area (Å²) in [6, 6.07) is 17.9. The van der Waals surface area contributed by atoms with Crippen LogP contribution >= 0.6 is 11.6 Å². The van der Waals surface area contributed by atoms with Gasteiger partial charge in [0.1, 0.15) is 17.9 Å². The average molecular weight is 338 g/mol. The summed E-state index contributed by atoms with van der Waals surface area (Å²) in [4.78, 5) is 8.72. The molecule has 2 heterocycles. The number of aromatic nitrogens is 2. The summed E-state index contributed by atoms with van der Waals surface area (Å²) in [6.07, 6.45) is 2.45. The first-order valence-electron chi connectivity index (χ1n) is 7.86. The molecular formula is C19H16ClN3O. The molecule has 0 bridgehead atoms. The topological polar surface area (TPSA) is 47.0 Å². The number of fused-ring (bicyclic) bond motifs is 1. The van der Waals surface area contributed by atoms with Crippen LogP contribution in [-0.4, -0.2) is 16.6 Å². The van der Waals surface area contributed by atoms with Gasteiger partial charge in [0.2, 0.25) is 0 Å². The molecule has 1 atom stereocenters. The number of hydrogen-bond acceptors (Lipinski definition) is 4. The second-order valence-electron chi connectivity index (χ2n) is 5.67. The van der Waals surface area contributed by atoms with Gasteiger partial charge < -0.3 is 10.1 Å². The summed E-state index contributed by atoms with van der Waals surface area (Å²) in [5.41, 5.74) is 3.03. The average Bonchev–Trinajstić information content (AvgIpc) is 2.63. The fourth-order valence-corrected chi connectivity index (χ4v) is 3.08. The van der Waals surface area contributed by atoms with Gasteiger partial charge in [0.15, 0.2) is 0 Å². The van der Waals surface area contributed by atoms with Crippen LogP contribution in [0.25, 0.3) is 11.3 Å². The summed E-state index contributed by atoms with van der Waals surface area (Å²) in [6.45, 7) is 0.670. The van der Waals surface area contributed by atoms with Crippen molar-refractivity contribution in [3.05, 3.63) is 71.5 Å². The Morgan fingerprint density at radius 2 is 1.92 bits per heavy atom. The molecule has 1 N–H and O–H groups in total. The van der Waals surface area contributed by atoms with Crippen molar-refractivity contribution in [1.29, 1.82) is 0 Å². The zero-order chi connectivity index (χ0) is 16.4. The number of nitrogens with zero attached hydrogens (tertiary/aromatic N) is 2. The van der Waals surface area contributed by atoms with E-state index < -0.39 is 0 Å². The Morgan fingerprint density at radius 1 is 1.04 bits per heavy atom. The number of rotatable bonds is 3. The molecule has 0 saturated carbocycles. The van der Waals surface area contributed by atoms with Gasteiger partial charge in [-0.3, -0.25) is 0 Å². The highest BCUT2D eigenvalue weighted by molar-refractivity contribution is 6.30. The van der Waals surface area contributed by atoms with E-state index in [4.69, 9.17) is 16.3 Å². The number of halogens is 1. The van der Waals surface area contributed by atoms with Gasteiger partial charge in [0, 0.05) is 28.6 Å². The number of anilines is 1. The minimum absolute atomic E-state index is 0.117. The molecular weight excluding hydrogens is 322 g/mol. The normalized spacial score (nSPS) is 16.1. The van der Waals surface area contributed by atoms with Gasteiger partial charge in [-0.15, -0.1) is 0 Å². The molecule has 5 heteroatoms. The minimum Gasteiger partial charge on any atom is -0.493 e. The molecule has 0 aliphatic carbocycles. The van der Waals surface area contributed by atoms with Gasteiger partial charge in [-0.1, -0.05) is 41.9 Å². The molecule has 0 radical (unpaired) electrons. The second-order valence-corrected chi connectivity index (χ2v) is 6.11. The van der Waals surface area contributed by atoms with Crippen molar-refractivity contribution in [3.63, 3.8) is 0 Å². The van der Waals surface area contributed by atoms with Gasteiger partial charge in [0.05, 0.1) is 18.3 Å². The first kappa shape index (κ1) is 15.0. The molecule has 0 fully saturated rings. The van der Waals surface area contributed by atoms with Gasteiger partial charge in [0.25, 0.3) is 0 Å². The third-order valence-corrected chi connectivity index (χ3v) is 4.31. The number of benzene rings is 2. The Kier molecular flexibility index (Phi) is 4.05. The first-order valence-corrected chi connectivity index (χ1v) is 8.24. The van der Waals surface area contributed by atoms with Crippen LogP contribution in [0.4, 0.5) is 5.82 Å². The summed E-state index contributed by atoms with van der Waals surface area (Å²) >= 11 is 6.14. The summed E-state index contributed by atoms with van der Waals surface area (Å²) < 4.78 is 5.71. The van der Waals surface area contributed by atoms with Crippen molar-refractivity contribution in [2.75, 3.05) is 11.9 Å². The van der Waals surface area contributed by atoms with Gasteiger partial charge in [-0.25, -0.2) is 9.97 Å². The Morgan fingerprint density at radius 3 is 2.79 bits per heavy atom. The van der Waals surface area contributed by atoms with Crippen molar-refractivity contribution < 1.29 is 4.74 Å². The van der Waals surface area contributed by atoms with Crippen LogP contribution in [0.2, 0.25) is 5.02 Å². The summed E-state index contributed by atoms with van der Waals surface area (Å²) in [5, 5.41) is 4.19. The smallest absolute Gasteiger partial charge is 0.130 e. The van der Waals surface area contributed by atoms with Crippen molar-refractivity contribution in [3.8, 4) is 17.0 Å². The fraction of sp³-hybridized carbons (Fsp3) is 0.158. The van der Waals surface area contributed by atoms with Gasteiger partial charge in [-0.2, -0.15) is 0 Å². The third kappa shape index (κ3) is 3.05. The van der Waals surface area contributed by atoms with Crippen molar-refractivity contribution in [2.24, 2.45) is 0 Å². The zero-order valence-electron chi connectivity index (χ0n) is 12.9. The minimum atomic E-state index is 0.117. The van der Waals surface area contributed by atoms with E-state index in [1.165, 1.54) is 0 Å². The molecule has 3 aromatic rings. The fourth-order valence-electron chi connectivity index (χ4n) is 2.90. The number of hydrogen-bond donors (Lipinski definition) is 1. The van der Waals surface area contributed by atoms with E-state index in [1.807, 2.05) is 54.6 Å². The van der Waals surface area contributed by atoms with Crippen LogP contribution < -0.4 is 10.1 Å². The summed E-state index contributed by atoms with van der Waals surface area (Å²) in [7, 11) is 0. The molecule has 120 valence electrons. The van der Waals surface area contributed by atoms with Crippen LogP contribution in [-0.2, 0) is 0 Å². The third-order valence-electron chi connectivity index (χ3n) is 4.07. The highest BCUT2D eigenvalue weighted by Gasteiger charge is 2.22. The molecule has 24 heavy (non-hydrogen) atoms. The van der Waals surface area contributed by atoms with Crippen molar-refractivity contribution in [2.45, 2.75) is 12.5 Å². The Bertz CT molecular complexity index is 854. The van der Waals surface area contributed by atoms with Gasteiger partial charge in [-0.05, 0) is 18.2 Å². The van der Waals surface area contributed by atoms with Crippen LogP contribution in [0.1, 0.15) is 18.0 Å². The quantitative estimate of drug-likeness (QED) is 0.750. The lowest BCUT2D eigenvalue weighted by Gasteiger charge is -2.27. The Balaban J connectivity index is 1.62. The van der Waals surface area contributed by atoms with Crippen LogP contribution in [0.15, 0.2) is 60.9 Å². The monoisotopic (exact) mass is 337 g/mol.